The fourth-order valence-electron chi connectivity index (χ4n) is 2.34. The largest absolute Gasteiger partial charge is 0.493 e. The average molecular weight is 327 g/mol. The minimum absolute atomic E-state index is 0.198. The number of aromatic nitrogens is 1. The first-order valence-electron chi connectivity index (χ1n) is 7.41. The van der Waals surface area contributed by atoms with Gasteiger partial charge < -0.3 is 18.6 Å². The predicted octanol–water partition coefficient (Wildman–Crippen LogP) is 3.35. The predicted molar refractivity (Wildman–Crippen MR) is 88.9 cm³/mol. The Morgan fingerprint density at radius 2 is 1.71 bits per heavy atom. The lowest BCUT2D eigenvalue weighted by Gasteiger charge is -2.13. The van der Waals surface area contributed by atoms with Crippen molar-refractivity contribution in [1.29, 1.82) is 0 Å². The standard InChI is InChI=1S/C18H17NO5/c1-11(23-12-7-5-4-6-8-12)17-19-14-10-16(22-3)15(21-2)9-13(14)18(20)24-17/h4-11H,1-3H3. The van der Waals surface area contributed by atoms with Crippen LogP contribution in [0.2, 0.25) is 0 Å². The topological polar surface area (TPSA) is 70.8 Å². The lowest BCUT2D eigenvalue weighted by atomic mass is 10.2. The van der Waals surface area contributed by atoms with Crippen LogP contribution in [0.25, 0.3) is 10.9 Å². The molecular formula is C18H17NO5. The Kier molecular flexibility index (Phi) is 4.37. The molecule has 0 aliphatic rings. The van der Waals surface area contributed by atoms with E-state index in [1.165, 1.54) is 14.2 Å². The fraction of sp³-hybridized carbons (Fsp3) is 0.222. The molecule has 24 heavy (non-hydrogen) atoms. The third-order valence-electron chi connectivity index (χ3n) is 3.55. The molecule has 0 fully saturated rings. The fourth-order valence-corrected chi connectivity index (χ4v) is 2.34. The van der Waals surface area contributed by atoms with Crippen molar-refractivity contribution in [1.82, 2.24) is 4.98 Å². The van der Waals surface area contributed by atoms with Crippen LogP contribution in [0.5, 0.6) is 17.2 Å². The number of para-hydroxylation sites is 1. The van der Waals surface area contributed by atoms with Gasteiger partial charge in [-0.15, -0.1) is 0 Å². The molecule has 0 aliphatic carbocycles. The highest BCUT2D eigenvalue weighted by Gasteiger charge is 2.17. The van der Waals surface area contributed by atoms with Crippen molar-refractivity contribution >= 4 is 10.9 Å². The zero-order chi connectivity index (χ0) is 17.1. The molecule has 3 aromatic rings. The van der Waals surface area contributed by atoms with E-state index in [2.05, 4.69) is 4.98 Å². The minimum atomic E-state index is -0.516. The van der Waals surface area contributed by atoms with E-state index in [0.717, 1.165) is 0 Å². The van der Waals surface area contributed by atoms with Crippen LogP contribution in [0.15, 0.2) is 51.7 Å². The summed E-state index contributed by atoms with van der Waals surface area (Å²) in [4.78, 5) is 16.7. The first kappa shape index (κ1) is 15.9. The van der Waals surface area contributed by atoms with Crippen LogP contribution in [0, 0.1) is 0 Å². The second-order valence-electron chi connectivity index (χ2n) is 5.14. The van der Waals surface area contributed by atoms with Crippen LogP contribution >= 0.6 is 0 Å². The highest BCUT2D eigenvalue weighted by atomic mass is 16.5. The van der Waals surface area contributed by atoms with Crippen LogP contribution < -0.4 is 19.8 Å². The van der Waals surface area contributed by atoms with Gasteiger partial charge in [-0.05, 0) is 19.1 Å². The summed E-state index contributed by atoms with van der Waals surface area (Å²) < 4.78 is 21.5. The molecule has 2 aromatic carbocycles. The summed E-state index contributed by atoms with van der Waals surface area (Å²) in [7, 11) is 3.03. The van der Waals surface area contributed by atoms with Crippen LogP contribution in [-0.4, -0.2) is 19.2 Å². The first-order valence-corrected chi connectivity index (χ1v) is 7.41. The summed E-state index contributed by atoms with van der Waals surface area (Å²) in [5.74, 6) is 1.80. The van der Waals surface area contributed by atoms with Gasteiger partial charge in [-0.3, -0.25) is 0 Å². The van der Waals surface area contributed by atoms with Crippen molar-refractivity contribution in [2.45, 2.75) is 13.0 Å². The molecule has 6 nitrogen and oxygen atoms in total. The van der Waals surface area contributed by atoms with E-state index in [4.69, 9.17) is 18.6 Å². The number of nitrogens with zero attached hydrogens (tertiary/aromatic N) is 1. The van der Waals surface area contributed by atoms with Crippen LogP contribution in [-0.2, 0) is 0 Å². The second kappa shape index (κ2) is 6.62. The highest BCUT2D eigenvalue weighted by molar-refractivity contribution is 5.81. The molecule has 1 aromatic heterocycles. The van der Waals surface area contributed by atoms with Gasteiger partial charge in [0.05, 0.1) is 25.1 Å². The zero-order valence-electron chi connectivity index (χ0n) is 13.6. The number of fused-ring (bicyclic) bond motifs is 1. The first-order chi connectivity index (χ1) is 11.6. The zero-order valence-corrected chi connectivity index (χ0v) is 13.6. The van der Waals surface area contributed by atoms with E-state index in [9.17, 15) is 4.79 Å². The molecule has 3 rings (SSSR count). The molecule has 0 aliphatic heterocycles. The quantitative estimate of drug-likeness (QED) is 0.716. The van der Waals surface area contributed by atoms with E-state index in [1.54, 1.807) is 19.1 Å². The van der Waals surface area contributed by atoms with Gasteiger partial charge in [-0.2, -0.15) is 0 Å². The second-order valence-corrected chi connectivity index (χ2v) is 5.14. The molecule has 0 saturated carbocycles. The molecular weight excluding hydrogens is 310 g/mol. The number of methoxy groups -OCH3 is 2. The Morgan fingerprint density at radius 3 is 2.38 bits per heavy atom. The maximum atomic E-state index is 12.3. The van der Waals surface area contributed by atoms with Crippen molar-refractivity contribution in [2.24, 2.45) is 0 Å². The summed E-state index contributed by atoms with van der Waals surface area (Å²) in [6.07, 6.45) is -0.516. The van der Waals surface area contributed by atoms with Gasteiger partial charge in [0.1, 0.15) is 5.75 Å². The molecule has 0 spiro atoms. The Morgan fingerprint density at radius 1 is 1.04 bits per heavy atom. The average Bonchev–Trinajstić information content (AvgIpc) is 2.61. The molecule has 1 atom stereocenters. The summed E-state index contributed by atoms with van der Waals surface area (Å²) in [6.45, 7) is 1.77. The molecule has 0 bridgehead atoms. The van der Waals surface area contributed by atoms with Crippen LogP contribution in [0.4, 0.5) is 0 Å². The van der Waals surface area contributed by atoms with Crippen LogP contribution in [0.3, 0.4) is 0 Å². The monoisotopic (exact) mass is 327 g/mol. The van der Waals surface area contributed by atoms with Gasteiger partial charge in [0.2, 0.25) is 5.89 Å². The van der Waals surface area contributed by atoms with Crippen molar-refractivity contribution in [2.75, 3.05) is 14.2 Å². The summed E-state index contributed by atoms with van der Waals surface area (Å²) >= 11 is 0. The molecule has 1 heterocycles. The summed E-state index contributed by atoms with van der Waals surface area (Å²) in [6, 6.07) is 12.5. The van der Waals surface area contributed by atoms with Gasteiger partial charge >= 0.3 is 5.63 Å². The minimum Gasteiger partial charge on any atom is -0.493 e. The third kappa shape index (κ3) is 3.03. The number of hydrogen-bond donors (Lipinski definition) is 0. The Hall–Kier alpha value is -3.02. The molecule has 0 N–H and O–H groups in total. The molecule has 0 saturated heterocycles. The Bertz CT molecular complexity index is 904. The number of hydrogen-bond acceptors (Lipinski definition) is 6. The molecule has 0 radical (unpaired) electrons. The molecule has 0 amide bonds. The summed E-state index contributed by atoms with van der Waals surface area (Å²) in [5, 5.41) is 0.323. The molecule has 124 valence electrons. The Labute approximate surface area is 138 Å². The van der Waals surface area contributed by atoms with Crippen molar-refractivity contribution in [3.63, 3.8) is 0 Å². The maximum absolute atomic E-state index is 12.3. The SMILES string of the molecule is COc1cc2nc(C(C)Oc3ccccc3)oc(=O)c2cc1OC. The van der Waals surface area contributed by atoms with Crippen molar-refractivity contribution in [3.8, 4) is 17.2 Å². The van der Waals surface area contributed by atoms with Crippen LogP contribution in [0.1, 0.15) is 18.9 Å². The van der Waals surface area contributed by atoms with E-state index in [1.807, 2.05) is 30.3 Å². The lowest BCUT2D eigenvalue weighted by molar-refractivity contribution is 0.182. The van der Waals surface area contributed by atoms with Crippen molar-refractivity contribution < 1.29 is 18.6 Å². The van der Waals surface area contributed by atoms with E-state index >= 15 is 0 Å². The normalized spacial score (nSPS) is 12.0. The number of rotatable bonds is 5. The van der Waals surface area contributed by atoms with E-state index in [-0.39, 0.29) is 5.89 Å². The van der Waals surface area contributed by atoms with Gasteiger partial charge in [0.25, 0.3) is 0 Å². The van der Waals surface area contributed by atoms with Gasteiger partial charge in [-0.1, -0.05) is 18.2 Å². The molecule has 6 heteroatoms. The van der Waals surface area contributed by atoms with Gasteiger partial charge in [0.15, 0.2) is 17.6 Å². The van der Waals surface area contributed by atoms with Gasteiger partial charge in [-0.25, -0.2) is 9.78 Å². The molecule has 1 unspecified atom stereocenters. The van der Waals surface area contributed by atoms with Crippen molar-refractivity contribution in [3.05, 3.63) is 58.8 Å². The number of benzene rings is 2. The number of ether oxygens (including phenoxy) is 3. The lowest BCUT2D eigenvalue weighted by Crippen LogP contribution is -2.11. The smallest absolute Gasteiger partial charge is 0.347 e. The Balaban J connectivity index is 2.02. The maximum Gasteiger partial charge on any atom is 0.347 e. The highest BCUT2D eigenvalue weighted by Crippen LogP contribution is 2.31. The summed E-state index contributed by atoms with van der Waals surface area (Å²) in [5.41, 5.74) is -0.0399. The third-order valence-corrected chi connectivity index (χ3v) is 3.55. The van der Waals surface area contributed by atoms with Gasteiger partial charge in [0, 0.05) is 12.1 Å². The van der Waals surface area contributed by atoms with E-state index in [0.29, 0.717) is 28.2 Å². The van der Waals surface area contributed by atoms with E-state index < -0.39 is 11.7 Å².